The van der Waals surface area contributed by atoms with Gasteiger partial charge in [-0.05, 0) is 37.1 Å². The van der Waals surface area contributed by atoms with Crippen molar-refractivity contribution in [1.82, 2.24) is 9.78 Å². The Labute approximate surface area is 101 Å². The summed E-state index contributed by atoms with van der Waals surface area (Å²) in [6.45, 7) is 4.68. The van der Waals surface area contributed by atoms with Crippen molar-refractivity contribution in [2.45, 2.75) is 13.8 Å². The van der Waals surface area contributed by atoms with E-state index >= 15 is 0 Å². The third-order valence-corrected chi connectivity index (χ3v) is 2.77. The van der Waals surface area contributed by atoms with Crippen LogP contribution in [-0.2, 0) is 7.05 Å². The number of rotatable bonds is 3. The normalized spacial score (nSPS) is 10.5. The maximum atomic E-state index is 5.95. The van der Waals surface area contributed by atoms with Gasteiger partial charge < -0.3 is 10.5 Å². The highest BCUT2D eigenvalue weighted by atomic mass is 16.5. The molecule has 0 aliphatic carbocycles. The smallest absolute Gasteiger partial charge is 0.129 e. The second-order valence-corrected chi connectivity index (χ2v) is 3.98. The molecular weight excluding hydrogens is 214 g/mol. The second-order valence-electron chi connectivity index (χ2n) is 3.98. The SMILES string of the molecule is CCOc1ccc(-c2cnn(C)c2N)cc1C. The van der Waals surface area contributed by atoms with Crippen molar-refractivity contribution in [2.24, 2.45) is 7.05 Å². The highest BCUT2D eigenvalue weighted by Crippen LogP contribution is 2.29. The maximum absolute atomic E-state index is 5.95. The van der Waals surface area contributed by atoms with Crippen LogP contribution in [0.1, 0.15) is 12.5 Å². The van der Waals surface area contributed by atoms with Crippen LogP contribution in [0.25, 0.3) is 11.1 Å². The van der Waals surface area contributed by atoms with Crippen molar-refractivity contribution in [2.75, 3.05) is 12.3 Å². The number of aryl methyl sites for hydroxylation is 2. The van der Waals surface area contributed by atoms with E-state index in [0.29, 0.717) is 12.4 Å². The van der Waals surface area contributed by atoms with Crippen LogP contribution in [0.3, 0.4) is 0 Å². The van der Waals surface area contributed by atoms with E-state index in [2.05, 4.69) is 11.2 Å². The lowest BCUT2D eigenvalue weighted by Gasteiger charge is -2.08. The molecule has 0 aliphatic heterocycles. The molecule has 4 heteroatoms. The van der Waals surface area contributed by atoms with Gasteiger partial charge in [-0.25, -0.2) is 0 Å². The lowest BCUT2D eigenvalue weighted by Crippen LogP contribution is -1.98. The topological polar surface area (TPSA) is 53.1 Å². The van der Waals surface area contributed by atoms with Crippen molar-refractivity contribution in [1.29, 1.82) is 0 Å². The largest absolute Gasteiger partial charge is 0.494 e. The summed E-state index contributed by atoms with van der Waals surface area (Å²) in [4.78, 5) is 0. The molecule has 2 aromatic rings. The van der Waals surface area contributed by atoms with E-state index < -0.39 is 0 Å². The lowest BCUT2D eigenvalue weighted by molar-refractivity contribution is 0.338. The van der Waals surface area contributed by atoms with Gasteiger partial charge in [0.15, 0.2) is 0 Å². The number of hydrogen-bond acceptors (Lipinski definition) is 3. The summed E-state index contributed by atoms with van der Waals surface area (Å²) in [5.74, 6) is 1.59. The molecule has 0 fully saturated rings. The van der Waals surface area contributed by atoms with Gasteiger partial charge in [0, 0.05) is 12.6 Å². The van der Waals surface area contributed by atoms with Crippen LogP contribution >= 0.6 is 0 Å². The van der Waals surface area contributed by atoms with Gasteiger partial charge in [0.1, 0.15) is 11.6 Å². The average Bonchev–Trinajstić information content (AvgIpc) is 2.63. The van der Waals surface area contributed by atoms with E-state index in [-0.39, 0.29) is 0 Å². The molecule has 0 aliphatic rings. The summed E-state index contributed by atoms with van der Waals surface area (Å²) in [5.41, 5.74) is 9.08. The van der Waals surface area contributed by atoms with Crippen LogP contribution in [0.4, 0.5) is 5.82 Å². The molecule has 0 spiro atoms. The third-order valence-electron chi connectivity index (χ3n) is 2.77. The number of nitrogens with zero attached hydrogens (tertiary/aromatic N) is 2. The molecule has 90 valence electrons. The van der Waals surface area contributed by atoms with E-state index in [4.69, 9.17) is 10.5 Å². The van der Waals surface area contributed by atoms with E-state index in [1.807, 2.05) is 33.0 Å². The highest BCUT2D eigenvalue weighted by Gasteiger charge is 2.09. The minimum absolute atomic E-state index is 0.675. The zero-order valence-electron chi connectivity index (χ0n) is 10.4. The highest BCUT2D eigenvalue weighted by molar-refractivity contribution is 5.74. The first-order valence-electron chi connectivity index (χ1n) is 5.64. The summed E-state index contributed by atoms with van der Waals surface area (Å²) >= 11 is 0. The van der Waals surface area contributed by atoms with Crippen molar-refractivity contribution >= 4 is 5.82 Å². The first-order valence-corrected chi connectivity index (χ1v) is 5.64. The van der Waals surface area contributed by atoms with Gasteiger partial charge >= 0.3 is 0 Å². The van der Waals surface area contributed by atoms with E-state index in [9.17, 15) is 0 Å². The van der Waals surface area contributed by atoms with E-state index in [1.165, 1.54) is 0 Å². The van der Waals surface area contributed by atoms with Crippen molar-refractivity contribution in [3.63, 3.8) is 0 Å². The Bertz CT molecular complexity index is 531. The molecule has 1 heterocycles. The Morgan fingerprint density at radius 3 is 2.71 bits per heavy atom. The van der Waals surface area contributed by atoms with Crippen LogP contribution < -0.4 is 10.5 Å². The van der Waals surface area contributed by atoms with E-state index in [1.54, 1.807) is 10.9 Å². The maximum Gasteiger partial charge on any atom is 0.129 e. The standard InChI is InChI=1S/C13H17N3O/c1-4-17-12-6-5-10(7-9(12)2)11-8-15-16(3)13(11)14/h5-8H,4,14H2,1-3H3. The average molecular weight is 231 g/mol. The molecule has 0 unspecified atom stereocenters. The molecule has 0 saturated heterocycles. The second kappa shape index (κ2) is 4.49. The van der Waals surface area contributed by atoms with Gasteiger partial charge in [-0.2, -0.15) is 5.10 Å². The van der Waals surface area contributed by atoms with Crippen molar-refractivity contribution in [3.8, 4) is 16.9 Å². The first-order chi connectivity index (χ1) is 8.13. The molecule has 1 aromatic heterocycles. The summed E-state index contributed by atoms with van der Waals surface area (Å²) in [5, 5.41) is 4.14. The quantitative estimate of drug-likeness (QED) is 0.882. The number of anilines is 1. The predicted molar refractivity (Wildman–Crippen MR) is 69.0 cm³/mol. The number of nitrogens with two attached hydrogens (primary N) is 1. The summed E-state index contributed by atoms with van der Waals surface area (Å²) in [7, 11) is 1.83. The predicted octanol–water partition coefficient (Wildman–Crippen LogP) is 2.38. The zero-order valence-corrected chi connectivity index (χ0v) is 10.4. The fourth-order valence-electron chi connectivity index (χ4n) is 1.80. The van der Waals surface area contributed by atoms with Gasteiger partial charge in [-0.1, -0.05) is 6.07 Å². The van der Waals surface area contributed by atoms with Gasteiger partial charge in [0.2, 0.25) is 0 Å². The molecule has 2 N–H and O–H groups in total. The van der Waals surface area contributed by atoms with Crippen molar-refractivity contribution in [3.05, 3.63) is 30.0 Å². The Morgan fingerprint density at radius 1 is 1.41 bits per heavy atom. The Kier molecular flexibility index (Phi) is 3.04. The number of ether oxygens (including phenoxy) is 1. The fourth-order valence-corrected chi connectivity index (χ4v) is 1.80. The number of hydrogen-bond donors (Lipinski definition) is 1. The molecule has 0 amide bonds. The Morgan fingerprint density at radius 2 is 2.18 bits per heavy atom. The fraction of sp³-hybridized carbons (Fsp3) is 0.308. The van der Waals surface area contributed by atoms with Gasteiger partial charge in [-0.15, -0.1) is 0 Å². The monoisotopic (exact) mass is 231 g/mol. The number of nitrogen functional groups attached to an aromatic ring is 1. The van der Waals surface area contributed by atoms with Crippen molar-refractivity contribution < 1.29 is 4.74 Å². The van der Waals surface area contributed by atoms with Crippen LogP contribution in [0.2, 0.25) is 0 Å². The van der Waals surface area contributed by atoms with Crippen LogP contribution in [0.15, 0.2) is 24.4 Å². The van der Waals surface area contributed by atoms with Gasteiger partial charge in [0.05, 0.1) is 12.8 Å². The number of benzene rings is 1. The molecule has 1 aromatic carbocycles. The minimum Gasteiger partial charge on any atom is -0.494 e. The minimum atomic E-state index is 0.675. The summed E-state index contributed by atoms with van der Waals surface area (Å²) in [6.07, 6.45) is 1.78. The van der Waals surface area contributed by atoms with E-state index in [0.717, 1.165) is 22.4 Å². The van der Waals surface area contributed by atoms with Crippen LogP contribution in [0, 0.1) is 6.92 Å². The van der Waals surface area contributed by atoms with Crippen LogP contribution in [-0.4, -0.2) is 16.4 Å². The molecule has 17 heavy (non-hydrogen) atoms. The molecule has 4 nitrogen and oxygen atoms in total. The molecule has 0 radical (unpaired) electrons. The van der Waals surface area contributed by atoms with Crippen LogP contribution in [0.5, 0.6) is 5.75 Å². The Hall–Kier alpha value is -1.97. The molecule has 2 rings (SSSR count). The summed E-state index contributed by atoms with van der Waals surface area (Å²) < 4.78 is 7.18. The first kappa shape index (κ1) is 11.5. The Balaban J connectivity index is 2.41. The number of aromatic nitrogens is 2. The van der Waals surface area contributed by atoms with Gasteiger partial charge in [-0.3, -0.25) is 4.68 Å². The molecule has 0 saturated carbocycles. The molecule has 0 atom stereocenters. The molecule has 0 bridgehead atoms. The summed E-state index contributed by atoms with van der Waals surface area (Å²) in [6, 6.07) is 6.05. The van der Waals surface area contributed by atoms with Gasteiger partial charge in [0.25, 0.3) is 0 Å². The third kappa shape index (κ3) is 2.11. The molecular formula is C13H17N3O. The lowest BCUT2D eigenvalue weighted by atomic mass is 10.1. The zero-order chi connectivity index (χ0) is 12.4.